The predicted molar refractivity (Wildman–Crippen MR) is 66.1 cm³/mol. The molecule has 0 aromatic carbocycles. The van der Waals surface area contributed by atoms with Crippen LogP contribution in [0.5, 0.6) is 0 Å². The monoisotopic (exact) mass is 233 g/mol. The number of aliphatic hydroxyl groups excluding tert-OH is 1. The molecule has 92 valence electrons. The van der Waals surface area contributed by atoms with Crippen molar-refractivity contribution in [3.05, 3.63) is 18.1 Å². The Morgan fingerprint density at radius 2 is 1.88 bits per heavy atom. The standard InChI is InChI=1S/C13H19N3O/c17-11-4-6-16(7-5-11)13-8-12(14-9-15-13)10-2-1-3-10/h8-11,17H,1-7H2. The lowest BCUT2D eigenvalue weighted by molar-refractivity contribution is 0.145. The third-order valence-corrected chi connectivity index (χ3v) is 3.99. The first-order valence-electron chi connectivity index (χ1n) is 6.58. The minimum Gasteiger partial charge on any atom is -0.393 e. The van der Waals surface area contributed by atoms with E-state index < -0.39 is 0 Å². The van der Waals surface area contributed by atoms with Gasteiger partial charge in [-0.1, -0.05) is 6.42 Å². The summed E-state index contributed by atoms with van der Waals surface area (Å²) < 4.78 is 0. The van der Waals surface area contributed by atoms with Crippen LogP contribution in [0.4, 0.5) is 5.82 Å². The van der Waals surface area contributed by atoms with Gasteiger partial charge in [0.25, 0.3) is 0 Å². The van der Waals surface area contributed by atoms with Crippen molar-refractivity contribution in [2.75, 3.05) is 18.0 Å². The predicted octanol–water partition coefficient (Wildman–Crippen LogP) is 1.71. The van der Waals surface area contributed by atoms with Gasteiger partial charge in [-0.15, -0.1) is 0 Å². The maximum absolute atomic E-state index is 9.50. The first-order chi connectivity index (χ1) is 8.33. The van der Waals surface area contributed by atoms with Crippen LogP contribution < -0.4 is 4.90 Å². The average Bonchev–Trinajstić information content (AvgIpc) is 2.28. The molecule has 1 aliphatic carbocycles. The lowest BCUT2D eigenvalue weighted by Crippen LogP contribution is -2.36. The Morgan fingerprint density at radius 1 is 1.12 bits per heavy atom. The van der Waals surface area contributed by atoms with Gasteiger partial charge in [0, 0.05) is 30.8 Å². The van der Waals surface area contributed by atoms with Gasteiger partial charge in [-0.2, -0.15) is 0 Å². The van der Waals surface area contributed by atoms with E-state index in [1.165, 1.54) is 25.0 Å². The maximum Gasteiger partial charge on any atom is 0.132 e. The van der Waals surface area contributed by atoms with E-state index in [4.69, 9.17) is 0 Å². The first-order valence-corrected chi connectivity index (χ1v) is 6.58. The molecular formula is C13H19N3O. The molecule has 0 atom stereocenters. The summed E-state index contributed by atoms with van der Waals surface area (Å²) in [6.45, 7) is 1.81. The van der Waals surface area contributed by atoms with E-state index in [0.717, 1.165) is 31.7 Å². The lowest BCUT2D eigenvalue weighted by Gasteiger charge is -2.31. The van der Waals surface area contributed by atoms with Crippen LogP contribution in [-0.4, -0.2) is 34.3 Å². The zero-order valence-corrected chi connectivity index (χ0v) is 10.0. The number of rotatable bonds is 2. The number of hydrogen-bond acceptors (Lipinski definition) is 4. The highest BCUT2D eigenvalue weighted by atomic mass is 16.3. The van der Waals surface area contributed by atoms with Crippen molar-refractivity contribution in [3.63, 3.8) is 0 Å². The quantitative estimate of drug-likeness (QED) is 0.844. The Hall–Kier alpha value is -1.16. The first kappa shape index (κ1) is 11.0. The fourth-order valence-corrected chi connectivity index (χ4v) is 2.56. The van der Waals surface area contributed by atoms with Gasteiger partial charge in [0.15, 0.2) is 0 Å². The molecule has 1 aliphatic heterocycles. The zero-order chi connectivity index (χ0) is 11.7. The Bertz CT molecular complexity index is 384. The normalized spacial score (nSPS) is 22.5. The summed E-state index contributed by atoms with van der Waals surface area (Å²) in [6.07, 6.45) is 7.14. The van der Waals surface area contributed by atoms with E-state index in [0.29, 0.717) is 5.92 Å². The number of aliphatic hydroxyl groups is 1. The van der Waals surface area contributed by atoms with E-state index in [1.807, 2.05) is 0 Å². The van der Waals surface area contributed by atoms with Gasteiger partial charge in [-0.05, 0) is 25.7 Å². The molecule has 2 heterocycles. The van der Waals surface area contributed by atoms with Crippen molar-refractivity contribution >= 4 is 5.82 Å². The van der Waals surface area contributed by atoms with Crippen LogP contribution in [0, 0.1) is 0 Å². The number of piperidine rings is 1. The number of hydrogen-bond donors (Lipinski definition) is 1. The van der Waals surface area contributed by atoms with Crippen LogP contribution >= 0.6 is 0 Å². The molecule has 2 fully saturated rings. The van der Waals surface area contributed by atoms with Gasteiger partial charge in [0.05, 0.1) is 6.10 Å². The van der Waals surface area contributed by atoms with Crippen molar-refractivity contribution in [2.45, 2.75) is 44.1 Å². The Kier molecular flexibility index (Phi) is 2.97. The number of nitrogens with zero attached hydrogens (tertiary/aromatic N) is 3. The van der Waals surface area contributed by atoms with Gasteiger partial charge < -0.3 is 10.0 Å². The van der Waals surface area contributed by atoms with E-state index in [9.17, 15) is 5.11 Å². The molecule has 0 radical (unpaired) electrons. The van der Waals surface area contributed by atoms with Crippen LogP contribution in [0.15, 0.2) is 12.4 Å². The van der Waals surface area contributed by atoms with E-state index in [-0.39, 0.29) is 6.10 Å². The fourth-order valence-electron chi connectivity index (χ4n) is 2.56. The van der Waals surface area contributed by atoms with Crippen LogP contribution in [0.1, 0.15) is 43.7 Å². The molecule has 17 heavy (non-hydrogen) atoms. The average molecular weight is 233 g/mol. The molecule has 0 amide bonds. The molecule has 1 aromatic rings. The molecule has 0 unspecified atom stereocenters. The van der Waals surface area contributed by atoms with Gasteiger partial charge in [-0.25, -0.2) is 9.97 Å². The van der Waals surface area contributed by atoms with Gasteiger partial charge in [0.2, 0.25) is 0 Å². The second-order valence-electron chi connectivity index (χ2n) is 5.15. The summed E-state index contributed by atoms with van der Waals surface area (Å²) in [5.41, 5.74) is 1.20. The molecule has 1 N–H and O–H groups in total. The van der Waals surface area contributed by atoms with Crippen LogP contribution in [0.3, 0.4) is 0 Å². The molecule has 1 aromatic heterocycles. The summed E-state index contributed by atoms with van der Waals surface area (Å²) in [7, 11) is 0. The third kappa shape index (κ3) is 2.27. The molecule has 0 bridgehead atoms. The van der Waals surface area contributed by atoms with Crippen molar-refractivity contribution in [3.8, 4) is 0 Å². The van der Waals surface area contributed by atoms with Crippen molar-refractivity contribution < 1.29 is 5.11 Å². The summed E-state index contributed by atoms with van der Waals surface area (Å²) in [5, 5.41) is 9.50. The topological polar surface area (TPSA) is 49.2 Å². The third-order valence-electron chi connectivity index (χ3n) is 3.99. The molecule has 0 spiro atoms. The van der Waals surface area contributed by atoms with Gasteiger partial charge >= 0.3 is 0 Å². The van der Waals surface area contributed by atoms with Crippen LogP contribution in [-0.2, 0) is 0 Å². The summed E-state index contributed by atoms with van der Waals surface area (Å²) in [4.78, 5) is 11.0. The largest absolute Gasteiger partial charge is 0.393 e. The van der Waals surface area contributed by atoms with E-state index in [2.05, 4.69) is 20.9 Å². The highest BCUT2D eigenvalue weighted by Gasteiger charge is 2.23. The van der Waals surface area contributed by atoms with Crippen LogP contribution in [0.2, 0.25) is 0 Å². The molecule has 2 aliphatic rings. The summed E-state index contributed by atoms with van der Waals surface area (Å²) >= 11 is 0. The molecular weight excluding hydrogens is 214 g/mol. The van der Waals surface area contributed by atoms with Gasteiger partial charge in [-0.3, -0.25) is 0 Å². The Morgan fingerprint density at radius 3 is 2.53 bits per heavy atom. The SMILES string of the molecule is OC1CCN(c2cc(C3CCC3)ncn2)CC1. The summed E-state index contributed by atoms with van der Waals surface area (Å²) in [6, 6.07) is 2.14. The smallest absolute Gasteiger partial charge is 0.132 e. The number of anilines is 1. The summed E-state index contributed by atoms with van der Waals surface area (Å²) in [5.74, 6) is 1.70. The highest BCUT2D eigenvalue weighted by Crippen LogP contribution is 2.36. The second kappa shape index (κ2) is 4.61. The fraction of sp³-hybridized carbons (Fsp3) is 0.692. The van der Waals surface area contributed by atoms with Crippen LogP contribution in [0.25, 0.3) is 0 Å². The number of aromatic nitrogens is 2. The lowest BCUT2D eigenvalue weighted by atomic mass is 9.83. The maximum atomic E-state index is 9.50. The van der Waals surface area contributed by atoms with Crippen molar-refractivity contribution in [1.29, 1.82) is 0 Å². The Balaban J connectivity index is 1.73. The minimum absolute atomic E-state index is 0.126. The molecule has 1 saturated carbocycles. The molecule has 3 rings (SSSR count). The second-order valence-corrected chi connectivity index (χ2v) is 5.15. The van der Waals surface area contributed by atoms with Crippen molar-refractivity contribution in [1.82, 2.24) is 9.97 Å². The molecule has 1 saturated heterocycles. The van der Waals surface area contributed by atoms with Crippen molar-refractivity contribution in [2.24, 2.45) is 0 Å². The molecule has 4 heteroatoms. The molecule has 4 nitrogen and oxygen atoms in total. The zero-order valence-electron chi connectivity index (χ0n) is 10.0. The Labute approximate surface area is 102 Å². The minimum atomic E-state index is -0.126. The van der Waals surface area contributed by atoms with Gasteiger partial charge in [0.1, 0.15) is 12.1 Å². The highest BCUT2D eigenvalue weighted by molar-refractivity contribution is 5.40. The van der Waals surface area contributed by atoms with E-state index in [1.54, 1.807) is 6.33 Å². The van der Waals surface area contributed by atoms with E-state index >= 15 is 0 Å².